The second-order valence-corrected chi connectivity index (χ2v) is 6.95. The van der Waals surface area contributed by atoms with Crippen molar-refractivity contribution < 1.29 is 27.5 Å². The van der Waals surface area contributed by atoms with Crippen LogP contribution in [-0.4, -0.2) is 48.6 Å². The van der Waals surface area contributed by atoms with Gasteiger partial charge in [0.05, 0.1) is 36.1 Å². The van der Waals surface area contributed by atoms with Crippen molar-refractivity contribution in [1.29, 1.82) is 0 Å². The topological polar surface area (TPSA) is 74.8 Å². The SMILES string of the molecule is COc1ccc(N2C[C@@H](C(=O)NCc3cccc(C(F)(F)F)c3Cl)N(C)C2=O)cn1. The molecule has 11 heteroatoms. The zero-order chi connectivity index (χ0) is 22.1. The number of halogens is 4. The van der Waals surface area contributed by atoms with E-state index in [4.69, 9.17) is 16.3 Å². The first kappa shape index (κ1) is 21.7. The van der Waals surface area contributed by atoms with Crippen LogP contribution in [0.5, 0.6) is 5.88 Å². The average molecular weight is 443 g/mol. The van der Waals surface area contributed by atoms with Crippen molar-refractivity contribution in [3.63, 3.8) is 0 Å². The van der Waals surface area contributed by atoms with Gasteiger partial charge in [0.25, 0.3) is 0 Å². The Balaban J connectivity index is 1.69. The van der Waals surface area contributed by atoms with Crippen LogP contribution in [0.1, 0.15) is 11.1 Å². The number of carbonyl (C=O) groups is 2. The van der Waals surface area contributed by atoms with Gasteiger partial charge in [0.15, 0.2) is 0 Å². The highest BCUT2D eigenvalue weighted by Crippen LogP contribution is 2.36. The monoisotopic (exact) mass is 442 g/mol. The summed E-state index contributed by atoms with van der Waals surface area (Å²) in [6.07, 6.45) is -3.14. The summed E-state index contributed by atoms with van der Waals surface area (Å²) in [5.41, 5.74) is -0.353. The maximum absolute atomic E-state index is 13.0. The fraction of sp³-hybridized carbons (Fsp3) is 0.316. The predicted molar refractivity (Wildman–Crippen MR) is 103 cm³/mol. The number of anilines is 1. The molecule has 1 fully saturated rings. The standard InChI is InChI=1S/C19H18ClF3N4O3/c1-26-14(10-27(18(26)29)12-6-7-15(30-2)24-9-12)17(28)25-8-11-4-3-5-13(16(11)20)19(21,22)23/h3-7,9,14H,8,10H2,1-2H3,(H,25,28)/t14-/m0/s1. The van der Waals surface area contributed by atoms with Gasteiger partial charge in [-0.3, -0.25) is 9.69 Å². The molecular formula is C19H18ClF3N4O3. The Hall–Kier alpha value is -3.01. The number of pyridine rings is 1. The maximum atomic E-state index is 13.0. The predicted octanol–water partition coefficient (Wildman–Crippen LogP) is 3.32. The lowest BCUT2D eigenvalue weighted by Crippen LogP contribution is -2.43. The number of nitrogens with zero attached hydrogens (tertiary/aromatic N) is 3. The highest BCUT2D eigenvalue weighted by molar-refractivity contribution is 6.32. The Bertz CT molecular complexity index is 953. The summed E-state index contributed by atoms with van der Waals surface area (Å²) in [5, 5.41) is 2.09. The summed E-state index contributed by atoms with van der Waals surface area (Å²) in [5.74, 6) is -0.130. The molecule has 2 aromatic rings. The quantitative estimate of drug-likeness (QED) is 0.771. The first-order valence-electron chi connectivity index (χ1n) is 8.80. The highest BCUT2D eigenvalue weighted by atomic mass is 35.5. The van der Waals surface area contributed by atoms with Crippen molar-refractivity contribution in [2.45, 2.75) is 18.8 Å². The summed E-state index contributed by atoms with van der Waals surface area (Å²) in [4.78, 5) is 31.8. The maximum Gasteiger partial charge on any atom is 0.417 e. The van der Waals surface area contributed by atoms with Crippen molar-refractivity contribution in [2.75, 3.05) is 25.6 Å². The van der Waals surface area contributed by atoms with Gasteiger partial charge in [0.1, 0.15) is 6.04 Å². The van der Waals surface area contributed by atoms with Crippen LogP contribution in [0, 0.1) is 0 Å². The van der Waals surface area contributed by atoms with Gasteiger partial charge in [-0.15, -0.1) is 0 Å². The zero-order valence-corrected chi connectivity index (χ0v) is 16.8. The molecule has 1 N–H and O–H groups in total. The molecule has 160 valence electrons. The number of aromatic nitrogens is 1. The normalized spacial score (nSPS) is 16.7. The molecule has 3 rings (SSSR count). The molecule has 1 saturated heterocycles. The van der Waals surface area contributed by atoms with Crippen LogP contribution in [0.4, 0.5) is 23.7 Å². The Morgan fingerprint density at radius 3 is 2.67 bits per heavy atom. The van der Waals surface area contributed by atoms with Gasteiger partial charge in [-0.25, -0.2) is 9.78 Å². The second-order valence-electron chi connectivity index (χ2n) is 6.57. The van der Waals surface area contributed by atoms with Crippen molar-refractivity contribution in [3.8, 4) is 5.88 Å². The van der Waals surface area contributed by atoms with Crippen LogP contribution in [-0.2, 0) is 17.5 Å². The van der Waals surface area contributed by atoms with Gasteiger partial charge in [-0.2, -0.15) is 13.2 Å². The van der Waals surface area contributed by atoms with Crippen molar-refractivity contribution >= 4 is 29.2 Å². The number of amides is 3. The molecule has 0 bridgehead atoms. The first-order chi connectivity index (χ1) is 14.1. The van der Waals surface area contributed by atoms with E-state index in [0.29, 0.717) is 11.6 Å². The number of nitrogens with one attached hydrogen (secondary N) is 1. The third kappa shape index (κ3) is 4.28. The number of alkyl halides is 3. The van der Waals surface area contributed by atoms with E-state index in [-0.39, 0.29) is 18.7 Å². The van der Waals surface area contributed by atoms with Gasteiger partial charge in [-0.1, -0.05) is 23.7 Å². The van der Waals surface area contributed by atoms with Crippen LogP contribution in [0.2, 0.25) is 5.02 Å². The number of hydrogen-bond acceptors (Lipinski definition) is 4. The van der Waals surface area contributed by atoms with Gasteiger partial charge >= 0.3 is 12.2 Å². The number of hydrogen-bond donors (Lipinski definition) is 1. The van der Waals surface area contributed by atoms with E-state index >= 15 is 0 Å². The molecule has 0 unspecified atom stereocenters. The lowest BCUT2D eigenvalue weighted by Gasteiger charge is -2.18. The average Bonchev–Trinajstić information content (AvgIpc) is 3.01. The Labute approximate surface area is 175 Å². The van der Waals surface area contributed by atoms with Crippen molar-refractivity contribution in [3.05, 3.63) is 52.7 Å². The third-order valence-electron chi connectivity index (χ3n) is 4.74. The highest BCUT2D eigenvalue weighted by Gasteiger charge is 2.40. The number of methoxy groups -OCH3 is 1. The number of likely N-dealkylation sites (N-methyl/N-ethyl adjacent to an activating group) is 1. The smallest absolute Gasteiger partial charge is 0.417 e. The van der Waals surface area contributed by atoms with E-state index < -0.39 is 34.7 Å². The minimum Gasteiger partial charge on any atom is -0.481 e. The molecule has 0 saturated carbocycles. The van der Waals surface area contributed by atoms with Crippen LogP contribution in [0.15, 0.2) is 36.5 Å². The third-order valence-corrected chi connectivity index (χ3v) is 5.18. The lowest BCUT2D eigenvalue weighted by atomic mass is 10.1. The second kappa shape index (κ2) is 8.39. The summed E-state index contributed by atoms with van der Waals surface area (Å²) in [6.45, 7) is -0.143. The first-order valence-corrected chi connectivity index (χ1v) is 9.18. The van der Waals surface area contributed by atoms with E-state index in [9.17, 15) is 22.8 Å². The molecule has 7 nitrogen and oxygen atoms in total. The molecule has 30 heavy (non-hydrogen) atoms. The molecule has 1 aliphatic heterocycles. The van der Waals surface area contributed by atoms with Gasteiger partial charge in [0, 0.05) is 19.7 Å². The van der Waals surface area contributed by atoms with Crippen LogP contribution < -0.4 is 15.0 Å². The molecule has 1 aromatic carbocycles. The van der Waals surface area contributed by atoms with E-state index in [1.165, 1.54) is 42.3 Å². The number of benzene rings is 1. The van der Waals surface area contributed by atoms with Crippen LogP contribution >= 0.6 is 11.6 Å². The summed E-state index contributed by atoms with van der Waals surface area (Å²) < 4.78 is 43.9. The minimum atomic E-state index is -4.60. The molecule has 1 atom stereocenters. The zero-order valence-electron chi connectivity index (χ0n) is 16.0. The number of urea groups is 1. The number of carbonyl (C=O) groups excluding carboxylic acids is 2. The van der Waals surface area contributed by atoms with Crippen LogP contribution in [0.25, 0.3) is 0 Å². The number of rotatable bonds is 5. The summed E-state index contributed by atoms with van der Waals surface area (Å²) in [6, 6.07) is 5.49. The Morgan fingerprint density at radius 2 is 2.07 bits per heavy atom. The molecule has 0 radical (unpaired) electrons. The van der Waals surface area contributed by atoms with Crippen molar-refractivity contribution in [1.82, 2.24) is 15.2 Å². The molecule has 1 aromatic heterocycles. The molecule has 2 heterocycles. The molecule has 0 aliphatic carbocycles. The fourth-order valence-corrected chi connectivity index (χ4v) is 3.36. The Kier molecular flexibility index (Phi) is 6.06. The molecular weight excluding hydrogens is 425 g/mol. The van der Waals surface area contributed by atoms with Gasteiger partial charge < -0.3 is 15.0 Å². The van der Waals surface area contributed by atoms with E-state index in [1.807, 2.05) is 0 Å². The van der Waals surface area contributed by atoms with Crippen LogP contribution in [0.3, 0.4) is 0 Å². The Morgan fingerprint density at radius 1 is 1.33 bits per heavy atom. The van der Waals surface area contributed by atoms with Gasteiger partial charge in [-0.05, 0) is 17.7 Å². The lowest BCUT2D eigenvalue weighted by molar-refractivity contribution is -0.137. The van der Waals surface area contributed by atoms with E-state index in [1.54, 1.807) is 12.1 Å². The number of ether oxygens (including phenoxy) is 1. The van der Waals surface area contributed by atoms with Crippen molar-refractivity contribution in [2.24, 2.45) is 0 Å². The molecule has 0 spiro atoms. The minimum absolute atomic E-state index is 0.0610. The molecule has 1 aliphatic rings. The van der Waals surface area contributed by atoms with Gasteiger partial charge in [0.2, 0.25) is 11.8 Å². The summed E-state index contributed by atoms with van der Waals surface area (Å²) >= 11 is 5.86. The largest absolute Gasteiger partial charge is 0.481 e. The van der Waals surface area contributed by atoms with E-state index in [2.05, 4.69) is 10.3 Å². The molecule has 3 amide bonds. The fourth-order valence-electron chi connectivity index (χ4n) is 3.06. The summed E-state index contributed by atoms with van der Waals surface area (Å²) in [7, 11) is 2.94. The van der Waals surface area contributed by atoms with E-state index in [0.717, 1.165) is 6.07 Å².